The quantitative estimate of drug-likeness (QED) is 0.640. The van der Waals surface area contributed by atoms with Crippen molar-refractivity contribution in [3.63, 3.8) is 0 Å². The third kappa shape index (κ3) is 9.04. The van der Waals surface area contributed by atoms with Crippen LogP contribution in [-0.2, 0) is 14.0 Å². The van der Waals surface area contributed by atoms with Gasteiger partial charge in [-0.15, -0.1) is 0 Å². The number of rotatable bonds is 3. The third-order valence-electron chi connectivity index (χ3n) is 0.731. The van der Waals surface area contributed by atoms with Crippen LogP contribution in [0.2, 0.25) is 19.6 Å². The molecule has 0 aromatic rings. The zero-order valence-corrected chi connectivity index (χ0v) is 11.7. The van der Waals surface area contributed by atoms with Crippen molar-refractivity contribution in [2.75, 3.05) is 5.75 Å². The van der Waals surface area contributed by atoms with E-state index in [4.69, 9.17) is 3.87 Å². The van der Waals surface area contributed by atoms with E-state index in [1.54, 1.807) is 6.92 Å². The van der Waals surface area contributed by atoms with Gasteiger partial charge in [0.2, 0.25) is 8.32 Å². The average Bonchev–Trinajstić information content (AvgIpc) is 1.60. The van der Waals surface area contributed by atoms with Crippen molar-refractivity contribution in [2.24, 2.45) is 0 Å². The minimum Gasteiger partial charge on any atom is -0.315 e. The fourth-order valence-corrected chi connectivity index (χ4v) is 3.96. The van der Waals surface area contributed by atoms with Gasteiger partial charge >= 0.3 is 0 Å². The molecule has 0 unspecified atom stereocenters. The summed E-state index contributed by atoms with van der Waals surface area (Å²) in [5, 5.41) is 0. The first-order valence-corrected chi connectivity index (χ1v) is 8.19. The smallest absolute Gasteiger partial charge is 0.257 e. The summed E-state index contributed by atoms with van der Waals surface area (Å²) >= 11 is 0. The van der Waals surface area contributed by atoms with Gasteiger partial charge < -0.3 is 3.87 Å². The predicted molar refractivity (Wildman–Crippen MR) is 49.6 cm³/mol. The van der Waals surface area contributed by atoms with Crippen LogP contribution in [0, 0.1) is 0 Å². The second-order valence-electron chi connectivity index (χ2n) is 3.04. The van der Waals surface area contributed by atoms with Gasteiger partial charge in [-0.2, -0.15) is 0 Å². The van der Waals surface area contributed by atoms with Gasteiger partial charge in [0.05, 0.1) is 5.75 Å². The maximum Gasteiger partial charge on any atom is 0.257 e. The summed E-state index contributed by atoms with van der Waals surface area (Å²) in [5.41, 5.74) is 0. The summed E-state index contributed by atoms with van der Waals surface area (Å²) in [7, 11) is -5.12. The largest absolute Gasteiger partial charge is 0.315 e. The van der Waals surface area contributed by atoms with Crippen LogP contribution in [0.15, 0.2) is 0 Å². The molecule has 0 aliphatic heterocycles. The molecule has 0 aliphatic rings. The molecule has 0 N–H and O–H groups in total. The number of hydrogen-bond acceptors (Lipinski definition) is 3. The van der Waals surface area contributed by atoms with Gasteiger partial charge in [0.1, 0.15) is 0 Å². The van der Waals surface area contributed by atoms with Crippen molar-refractivity contribution >= 4 is 48.0 Å². The van der Waals surface area contributed by atoms with E-state index in [0.29, 0.717) is 0 Å². The molecule has 3 nitrogen and oxygen atoms in total. The molecule has 0 aromatic carbocycles. The van der Waals surface area contributed by atoms with Crippen molar-refractivity contribution in [1.82, 2.24) is 0 Å². The first-order valence-electron chi connectivity index (χ1n) is 3.20. The van der Waals surface area contributed by atoms with E-state index in [9.17, 15) is 8.42 Å². The summed E-state index contributed by atoms with van der Waals surface area (Å²) < 4.78 is 26.5. The zero-order chi connectivity index (χ0) is 8.41. The van der Waals surface area contributed by atoms with E-state index < -0.39 is 18.4 Å². The van der Waals surface area contributed by atoms with Crippen molar-refractivity contribution in [2.45, 2.75) is 26.6 Å². The van der Waals surface area contributed by atoms with Gasteiger partial charge in [-0.25, -0.2) is 8.42 Å². The Labute approximate surface area is 92.1 Å². The van der Waals surface area contributed by atoms with Gasteiger partial charge in [0.25, 0.3) is 10.1 Å². The van der Waals surface area contributed by atoms with Crippen LogP contribution in [0.1, 0.15) is 6.92 Å². The molecule has 0 rings (SSSR count). The summed E-state index contributed by atoms with van der Waals surface area (Å²) in [6.07, 6.45) is 0. The van der Waals surface area contributed by atoms with Gasteiger partial charge in [-0.05, 0) is 26.6 Å². The number of hydrogen-bond donors (Lipinski definition) is 0. The second-order valence-corrected chi connectivity index (χ2v) is 9.63. The van der Waals surface area contributed by atoms with Crippen LogP contribution >= 0.6 is 0 Å². The third-order valence-corrected chi connectivity index (χ3v) is 4.45. The summed E-state index contributed by atoms with van der Waals surface area (Å²) in [6, 6.07) is 0. The molecule has 0 atom stereocenters. The molecule has 0 aromatic heterocycles. The first kappa shape index (κ1) is 14.6. The standard InChI is InChI=1S/C5H14O3SSi.Na/c1-5-9(6,7)8-10(2,3)4;/h5H2,1-4H3;. The summed E-state index contributed by atoms with van der Waals surface area (Å²) in [4.78, 5) is 0. The SMILES string of the molecule is CCS(=O)(=O)O[Si](C)(C)C.[Na]. The molecule has 0 fully saturated rings. The van der Waals surface area contributed by atoms with Crippen LogP contribution in [-0.4, -0.2) is 52.0 Å². The van der Waals surface area contributed by atoms with E-state index in [1.807, 2.05) is 19.6 Å². The van der Waals surface area contributed by atoms with E-state index in [1.165, 1.54) is 0 Å². The van der Waals surface area contributed by atoms with Crippen LogP contribution in [0.4, 0.5) is 0 Å². The molecule has 0 amide bonds. The molecule has 11 heavy (non-hydrogen) atoms. The second kappa shape index (κ2) is 4.99. The van der Waals surface area contributed by atoms with Crippen LogP contribution in [0.25, 0.3) is 0 Å². The van der Waals surface area contributed by atoms with E-state index in [0.717, 1.165) is 0 Å². The Bertz CT molecular complexity index is 194. The van der Waals surface area contributed by atoms with Crippen LogP contribution < -0.4 is 0 Å². The maximum absolute atomic E-state index is 10.8. The fourth-order valence-electron chi connectivity index (χ4n) is 0.440. The Hall–Kier alpha value is 1.13. The Morgan fingerprint density at radius 3 is 1.73 bits per heavy atom. The van der Waals surface area contributed by atoms with Crippen molar-refractivity contribution in [1.29, 1.82) is 0 Å². The minimum absolute atomic E-state index is 0. The van der Waals surface area contributed by atoms with Crippen molar-refractivity contribution < 1.29 is 12.3 Å². The Balaban J connectivity index is 0. The van der Waals surface area contributed by atoms with Gasteiger partial charge in [-0.3, -0.25) is 0 Å². The van der Waals surface area contributed by atoms with Crippen LogP contribution in [0.3, 0.4) is 0 Å². The molecule has 6 heteroatoms. The molecule has 0 saturated heterocycles. The monoisotopic (exact) mass is 205 g/mol. The van der Waals surface area contributed by atoms with Crippen molar-refractivity contribution in [3.8, 4) is 0 Å². The molecule has 0 saturated carbocycles. The topological polar surface area (TPSA) is 43.4 Å². The molecule has 1 radical (unpaired) electrons. The van der Waals surface area contributed by atoms with Crippen molar-refractivity contribution in [3.05, 3.63) is 0 Å². The minimum atomic E-state index is -3.22. The van der Waals surface area contributed by atoms with E-state index in [-0.39, 0.29) is 35.3 Å². The molecule has 0 bridgehead atoms. The fraction of sp³-hybridized carbons (Fsp3) is 1.00. The molecule has 0 spiro atoms. The molecular weight excluding hydrogens is 191 g/mol. The van der Waals surface area contributed by atoms with E-state index in [2.05, 4.69) is 0 Å². The molecule has 0 aliphatic carbocycles. The summed E-state index contributed by atoms with van der Waals surface area (Å²) in [6.45, 7) is 7.12. The Morgan fingerprint density at radius 2 is 1.64 bits per heavy atom. The summed E-state index contributed by atoms with van der Waals surface area (Å²) in [5.74, 6) is 0.0667. The Kier molecular flexibility index (Phi) is 6.64. The van der Waals surface area contributed by atoms with Gasteiger partial charge in [-0.1, -0.05) is 0 Å². The molecule has 63 valence electrons. The molecule has 0 heterocycles. The maximum atomic E-state index is 10.8. The van der Waals surface area contributed by atoms with Crippen LogP contribution in [0.5, 0.6) is 0 Å². The van der Waals surface area contributed by atoms with Gasteiger partial charge in [0.15, 0.2) is 0 Å². The average molecular weight is 205 g/mol. The Morgan fingerprint density at radius 1 is 1.27 bits per heavy atom. The van der Waals surface area contributed by atoms with E-state index >= 15 is 0 Å². The molecular formula is C5H14NaO3SSi. The first-order chi connectivity index (χ1) is 4.27. The van der Waals surface area contributed by atoms with Gasteiger partial charge in [0, 0.05) is 29.6 Å². The normalized spacial score (nSPS) is 12.4. The zero-order valence-electron chi connectivity index (χ0n) is 7.84. The predicted octanol–water partition coefficient (Wildman–Crippen LogP) is 0.807.